The van der Waals surface area contributed by atoms with Crippen LogP contribution in [-0.2, 0) is 16.1 Å². The second-order valence-electron chi connectivity index (χ2n) is 7.10. The molecular formula is C17H24N2O3. The van der Waals surface area contributed by atoms with E-state index in [1.54, 1.807) is 4.90 Å². The lowest BCUT2D eigenvalue weighted by Crippen LogP contribution is -2.37. The number of likely N-dealkylation sites (tertiary alicyclic amines) is 1. The summed E-state index contributed by atoms with van der Waals surface area (Å²) in [6, 6.07) is 10.3. The zero-order valence-electron chi connectivity index (χ0n) is 13.5. The highest BCUT2D eigenvalue weighted by Crippen LogP contribution is 2.30. The molecule has 2 aliphatic heterocycles. The third-order valence-corrected chi connectivity index (χ3v) is 3.96. The molecule has 0 radical (unpaired) electrons. The van der Waals surface area contributed by atoms with E-state index in [-0.39, 0.29) is 12.2 Å². The van der Waals surface area contributed by atoms with Crippen LogP contribution in [0.1, 0.15) is 26.3 Å². The number of benzene rings is 1. The van der Waals surface area contributed by atoms with Crippen molar-refractivity contribution in [1.82, 2.24) is 9.96 Å². The van der Waals surface area contributed by atoms with Crippen LogP contribution < -0.4 is 0 Å². The highest BCUT2D eigenvalue weighted by Gasteiger charge is 2.44. The molecule has 0 saturated carbocycles. The van der Waals surface area contributed by atoms with Gasteiger partial charge in [0.05, 0.1) is 6.54 Å². The van der Waals surface area contributed by atoms with E-state index < -0.39 is 5.60 Å². The van der Waals surface area contributed by atoms with E-state index in [0.717, 1.165) is 13.1 Å². The maximum absolute atomic E-state index is 12.1. The van der Waals surface area contributed by atoms with Crippen molar-refractivity contribution >= 4 is 6.09 Å². The van der Waals surface area contributed by atoms with E-state index in [4.69, 9.17) is 9.57 Å². The molecule has 2 saturated heterocycles. The van der Waals surface area contributed by atoms with Gasteiger partial charge in [-0.15, -0.1) is 0 Å². The number of nitrogens with zero attached hydrogens (tertiary/aromatic N) is 2. The first-order valence-electron chi connectivity index (χ1n) is 7.84. The van der Waals surface area contributed by atoms with Gasteiger partial charge in [-0.1, -0.05) is 30.3 Å². The van der Waals surface area contributed by atoms with Crippen molar-refractivity contribution in [3.05, 3.63) is 35.9 Å². The molecule has 0 N–H and O–H groups in total. The molecule has 2 fully saturated rings. The Hall–Kier alpha value is -1.59. The Labute approximate surface area is 131 Å². The zero-order chi connectivity index (χ0) is 15.7. The average Bonchev–Trinajstić information content (AvgIpc) is 2.96. The van der Waals surface area contributed by atoms with E-state index in [1.807, 2.05) is 44.0 Å². The predicted molar refractivity (Wildman–Crippen MR) is 83.0 cm³/mol. The number of carbonyl (C=O) groups is 1. The highest BCUT2D eigenvalue weighted by molar-refractivity contribution is 5.68. The van der Waals surface area contributed by atoms with Gasteiger partial charge < -0.3 is 9.64 Å². The van der Waals surface area contributed by atoms with Crippen LogP contribution in [0.5, 0.6) is 0 Å². The number of hydroxylamine groups is 2. The minimum absolute atomic E-state index is 0.0937. The molecule has 2 atom stereocenters. The maximum Gasteiger partial charge on any atom is 0.410 e. The third kappa shape index (κ3) is 3.59. The second-order valence-corrected chi connectivity index (χ2v) is 7.10. The topological polar surface area (TPSA) is 42.0 Å². The fourth-order valence-corrected chi connectivity index (χ4v) is 3.00. The van der Waals surface area contributed by atoms with Gasteiger partial charge in [-0.3, -0.25) is 4.84 Å². The van der Waals surface area contributed by atoms with Crippen LogP contribution >= 0.6 is 0 Å². The molecule has 2 aliphatic rings. The van der Waals surface area contributed by atoms with Gasteiger partial charge in [-0.05, 0) is 26.3 Å². The van der Waals surface area contributed by atoms with Crippen molar-refractivity contribution in [3.63, 3.8) is 0 Å². The van der Waals surface area contributed by atoms with Crippen LogP contribution in [0.4, 0.5) is 4.79 Å². The van der Waals surface area contributed by atoms with E-state index in [2.05, 4.69) is 12.1 Å². The summed E-state index contributed by atoms with van der Waals surface area (Å²) in [5.74, 6) is 0.372. The highest BCUT2D eigenvalue weighted by atomic mass is 16.7. The molecule has 0 spiro atoms. The van der Waals surface area contributed by atoms with Crippen molar-refractivity contribution < 1.29 is 14.4 Å². The average molecular weight is 304 g/mol. The van der Waals surface area contributed by atoms with Crippen LogP contribution in [0.15, 0.2) is 30.3 Å². The number of ether oxygens (including phenoxy) is 1. The van der Waals surface area contributed by atoms with Gasteiger partial charge in [0, 0.05) is 25.6 Å². The Morgan fingerprint density at radius 3 is 2.59 bits per heavy atom. The SMILES string of the molecule is CC(C)(C)OC(=O)N1C[C@@H]2CN(Cc3ccccc3)O[C@@H]2C1. The molecular weight excluding hydrogens is 280 g/mol. The van der Waals surface area contributed by atoms with E-state index in [0.29, 0.717) is 19.0 Å². The fraction of sp³-hybridized carbons (Fsp3) is 0.588. The Bertz CT molecular complexity index is 512. The Kier molecular flexibility index (Phi) is 4.10. The summed E-state index contributed by atoms with van der Waals surface area (Å²) >= 11 is 0. The van der Waals surface area contributed by atoms with Crippen molar-refractivity contribution in [3.8, 4) is 0 Å². The number of hydrogen-bond acceptors (Lipinski definition) is 4. The van der Waals surface area contributed by atoms with Gasteiger partial charge in [0.25, 0.3) is 0 Å². The first-order valence-corrected chi connectivity index (χ1v) is 7.84. The summed E-state index contributed by atoms with van der Waals surface area (Å²) in [5, 5.41) is 2.01. The second kappa shape index (κ2) is 5.89. The Morgan fingerprint density at radius 1 is 1.23 bits per heavy atom. The molecule has 0 aromatic heterocycles. The van der Waals surface area contributed by atoms with Crippen LogP contribution in [0.3, 0.4) is 0 Å². The first kappa shape index (κ1) is 15.3. The number of hydrogen-bond donors (Lipinski definition) is 0. The summed E-state index contributed by atoms with van der Waals surface area (Å²) in [5.41, 5.74) is 0.793. The minimum atomic E-state index is -0.449. The molecule has 0 unspecified atom stereocenters. The van der Waals surface area contributed by atoms with Gasteiger partial charge in [0.2, 0.25) is 0 Å². The van der Waals surface area contributed by atoms with Crippen molar-refractivity contribution in [2.75, 3.05) is 19.6 Å². The van der Waals surface area contributed by atoms with Gasteiger partial charge in [0.1, 0.15) is 11.7 Å². The molecule has 5 nitrogen and oxygen atoms in total. The van der Waals surface area contributed by atoms with Gasteiger partial charge in [-0.25, -0.2) is 4.79 Å². The molecule has 3 rings (SSSR count). The molecule has 1 aromatic carbocycles. The van der Waals surface area contributed by atoms with E-state index >= 15 is 0 Å². The Morgan fingerprint density at radius 2 is 1.95 bits per heavy atom. The van der Waals surface area contributed by atoms with Gasteiger partial charge >= 0.3 is 6.09 Å². The lowest BCUT2D eigenvalue weighted by atomic mass is 10.1. The molecule has 1 amide bonds. The van der Waals surface area contributed by atoms with E-state index in [9.17, 15) is 4.79 Å². The standard InChI is InChI=1S/C17H24N2O3/c1-17(2,3)21-16(20)18-10-14-11-19(22-15(14)12-18)9-13-7-5-4-6-8-13/h4-8,14-15H,9-12H2,1-3H3/t14-,15-/m1/s1. The summed E-state index contributed by atoms with van der Waals surface area (Å²) in [4.78, 5) is 19.8. The lowest BCUT2D eigenvalue weighted by molar-refractivity contribution is -0.153. The largest absolute Gasteiger partial charge is 0.444 e. The normalized spacial score (nSPS) is 25.3. The molecule has 0 aliphatic carbocycles. The van der Waals surface area contributed by atoms with Crippen molar-refractivity contribution in [2.24, 2.45) is 5.92 Å². The maximum atomic E-state index is 12.1. The number of carbonyl (C=O) groups excluding carboxylic acids is 1. The monoisotopic (exact) mass is 304 g/mol. The summed E-state index contributed by atoms with van der Waals surface area (Å²) in [6.45, 7) is 8.65. The molecule has 1 aromatic rings. The molecule has 120 valence electrons. The van der Waals surface area contributed by atoms with Gasteiger partial charge in [-0.2, -0.15) is 5.06 Å². The van der Waals surface area contributed by atoms with Crippen LogP contribution in [0.25, 0.3) is 0 Å². The molecule has 22 heavy (non-hydrogen) atoms. The smallest absolute Gasteiger partial charge is 0.410 e. The van der Waals surface area contributed by atoms with Crippen molar-refractivity contribution in [2.45, 2.75) is 39.0 Å². The lowest BCUT2D eigenvalue weighted by Gasteiger charge is -2.25. The number of fused-ring (bicyclic) bond motifs is 1. The van der Waals surface area contributed by atoms with Crippen molar-refractivity contribution in [1.29, 1.82) is 0 Å². The molecule has 0 bridgehead atoms. The first-order chi connectivity index (χ1) is 10.4. The number of amides is 1. The fourth-order valence-electron chi connectivity index (χ4n) is 3.00. The molecule has 2 heterocycles. The van der Waals surface area contributed by atoms with Crippen LogP contribution in [0, 0.1) is 5.92 Å². The zero-order valence-corrected chi connectivity index (χ0v) is 13.5. The van der Waals surface area contributed by atoms with Crippen LogP contribution in [-0.4, -0.2) is 47.4 Å². The van der Waals surface area contributed by atoms with Gasteiger partial charge in [0.15, 0.2) is 0 Å². The number of rotatable bonds is 2. The molecule has 5 heteroatoms. The predicted octanol–water partition coefficient (Wildman–Crippen LogP) is 2.67. The minimum Gasteiger partial charge on any atom is -0.444 e. The Balaban J connectivity index is 1.51. The van der Waals surface area contributed by atoms with E-state index in [1.165, 1.54) is 5.56 Å². The third-order valence-electron chi connectivity index (χ3n) is 3.96. The summed E-state index contributed by atoms with van der Waals surface area (Å²) in [7, 11) is 0. The summed E-state index contributed by atoms with van der Waals surface area (Å²) in [6.07, 6.45) is -0.142. The summed E-state index contributed by atoms with van der Waals surface area (Å²) < 4.78 is 5.43. The van der Waals surface area contributed by atoms with Crippen LogP contribution in [0.2, 0.25) is 0 Å². The quantitative estimate of drug-likeness (QED) is 0.842.